The van der Waals surface area contributed by atoms with Crippen LogP contribution < -0.4 is 5.73 Å². The van der Waals surface area contributed by atoms with Gasteiger partial charge in [-0.3, -0.25) is 4.90 Å². The van der Waals surface area contributed by atoms with Crippen LogP contribution >= 0.6 is 12.2 Å². The molecule has 2 fully saturated rings. The van der Waals surface area contributed by atoms with E-state index in [1.807, 2.05) is 0 Å². The molecule has 0 bridgehead atoms. The van der Waals surface area contributed by atoms with E-state index in [0.29, 0.717) is 0 Å². The highest BCUT2D eigenvalue weighted by Gasteiger charge is 2.41. The molecule has 4 heteroatoms. The lowest BCUT2D eigenvalue weighted by Gasteiger charge is -2.48. The first-order valence-corrected chi connectivity index (χ1v) is 6.79. The lowest BCUT2D eigenvalue weighted by atomic mass is 9.79. The molecule has 3 nitrogen and oxygen atoms in total. The van der Waals surface area contributed by atoms with Gasteiger partial charge in [0, 0.05) is 26.2 Å². The van der Waals surface area contributed by atoms with Crippen molar-refractivity contribution in [2.45, 2.75) is 37.6 Å². The van der Waals surface area contributed by atoms with Crippen LogP contribution in [0.4, 0.5) is 0 Å². The summed E-state index contributed by atoms with van der Waals surface area (Å²) in [6.07, 6.45) is 6.25. The molecule has 0 radical (unpaired) electrons. The van der Waals surface area contributed by atoms with Gasteiger partial charge in [-0.15, -0.1) is 0 Å². The fourth-order valence-electron chi connectivity index (χ4n) is 3.09. The normalized spacial score (nSPS) is 27.8. The minimum Gasteiger partial charge on any atom is -0.392 e. The summed E-state index contributed by atoms with van der Waals surface area (Å²) in [7, 11) is 2.19. The van der Waals surface area contributed by atoms with Crippen molar-refractivity contribution in [2.75, 3.05) is 33.2 Å². The number of thiocarbonyl (C=S) groups is 1. The molecule has 2 aliphatic rings. The molecule has 1 saturated carbocycles. The molecule has 0 spiro atoms. The maximum atomic E-state index is 6.04. The number of likely N-dealkylation sites (N-methyl/N-ethyl adjacent to an activating group) is 1. The largest absolute Gasteiger partial charge is 0.392 e. The van der Waals surface area contributed by atoms with Gasteiger partial charge in [0.1, 0.15) is 0 Å². The molecule has 1 aliphatic heterocycles. The fourth-order valence-corrected chi connectivity index (χ4v) is 3.42. The molecule has 0 amide bonds. The Morgan fingerprint density at radius 2 is 1.62 bits per heavy atom. The number of hydrogen-bond acceptors (Lipinski definition) is 3. The first kappa shape index (κ1) is 12.3. The first-order valence-electron chi connectivity index (χ1n) is 6.39. The topological polar surface area (TPSA) is 32.5 Å². The Hall–Kier alpha value is -0.190. The van der Waals surface area contributed by atoms with Crippen molar-refractivity contribution in [1.82, 2.24) is 9.80 Å². The third-order valence-corrected chi connectivity index (χ3v) is 4.63. The van der Waals surface area contributed by atoms with E-state index in [1.165, 1.54) is 32.1 Å². The SMILES string of the molecule is CN1CCN(C2(C(N)=S)CCCCC2)CC1. The summed E-state index contributed by atoms with van der Waals surface area (Å²) < 4.78 is 0. The molecule has 0 atom stereocenters. The molecule has 1 heterocycles. The summed E-state index contributed by atoms with van der Waals surface area (Å²) >= 11 is 5.36. The minimum atomic E-state index is 0.0504. The maximum absolute atomic E-state index is 6.04. The van der Waals surface area contributed by atoms with Crippen LogP contribution in [-0.4, -0.2) is 53.6 Å². The number of rotatable bonds is 2. The quantitative estimate of drug-likeness (QED) is 0.737. The Bertz CT molecular complexity index is 253. The molecule has 1 saturated heterocycles. The summed E-state index contributed by atoms with van der Waals surface area (Å²) in [6, 6.07) is 0. The molecule has 16 heavy (non-hydrogen) atoms. The molecular formula is C12H23N3S. The highest BCUT2D eigenvalue weighted by molar-refractivity contribution is 7.80. The van der Waals surface area contributed by atoms with Gasteiger partial charge in [-0.25, -0.2) is 0 Å². The van der Waals surface area contributed by atoms with E-state index in [4.69, 9.17) is 18.0 Å². The summed E-state index contributed by atoms with van der Waals surface area (Å²) in [5, 5.41) is 0. The third-order valence-electron chi connectivity index (χ3n) is 4.25. The standard InChI is InChI=1S/C12H23N3S/c1-14-7-9-15(10-8-14)12(11(13)16)5-3-2-4-6-12/h2-10H2,1H3,(H2,13,16). The lowest BCUT2D eigenvalue weighted by molar-refractivity contribution is 0.0583. The smallest absolute Gasteiger partial charge is 0.0933 e. The average molecular weight is 241 g/mol. The van der Waals surface area contributed by atoms with Crippen LogP contribution in [0.25, 0.3) is 0 Å². The Labute approximate surface area is 104 Å². The van der Waals surface area contributed by atoms with Crippen LogP contribution in [0.5, 0.6) is 0 Å². The molecule has 2 N–H and O–H groups in total. The number of nitrogens with two attached hydrogens (primary N) is 1. The van der Waals surface area contributed by atoms with Crippen LogP contribution in [0.1, 0.15) is 32.1 Å². The zero-order valence-corrected chi connectivity index (χ0v) is 11.1. The van der Waals surface area contributed by atoms with Gasteiger partial charge >= 0.3 is 0 Å². The monoisotopic (exact) mass is 241 g/mol. The van der Waals surface area contributed by atoms with Crippen molar-refractivity contribution in [2.24, 2.45) is 5.73 Å². The van der Waals surface area contributed by atoms with Gasteiger partial charge in [-0.2, -0.15) is 0 Å². The molecule has 0 unspecified atom stereocenters. The zero-order valence-electron chi connectivity index (χ0n) is 10.2. The highest BCUT2D eigenvalue weighted by atomic mass is 32.1. The van der Waals surface area contributed by atoms with E-state index >= 15 is 0 Å². The van der Waals surface area contributed by atoms with E-state index in [0.717, 1.165) is 31.2 Å². The van der Waals surface area contributed by atoms with Crippen molar-refractivity contribution >= 4 is 17.2 Å². The van der Waals surface area contributed by atoms with E-state index < -0.39 is 0 Å². The number of nitrogens with zero attached hydrogens (tertiary/aromatic N) is 2. The van der Waals surface area contributed by atoms with Crippen LogP contribution in [0.2, 0.25) is 0 Å². The van der Waals surface area contributed by atoms with Gasteiger partial charge < -0.3 is 10.6 Å². The second-order valence-corrected chi connectivity index (χ2v) is 5.69. The van der Waals surface area contributed by atoms with Crippen molar-refractivity contribution < 1.29 is 0 Å². The summed E-state index contributed by atoms with van der Waals surface area (Å²) in [5.74, 6) is 0. The first-order chi connectivity index (χ1) is 7.65. The van der Waals surface area contributed by atoms with E-state index in [-0.39, 0.29) is 5.54 Å². The van der Waals surface area contributed by atoms with Gasteiger partial charge in [0.05, 0.1) is 10.5 Å². The van der Waals surface area contributed by atoms with Crippen LogP contribution in [0.15, 0.2) is 0 Å². The van der Waals surface area contributed by atoms with Crippen molar-refractivity contribution in [3.8, 4) is 0 Å². The van der Waals surface area contributed by atoms with Crippen molar-refractivity contribution in [1.29, 1.82) is 0 Å². The minimum absolute atomic E-state index is 0.0504. The van der Waals surface area contributed by atoms with E-state index in [2.05, 4.69) is 16.8 Å². The molecule has 1 aliphatic carbocycles. The van der Waals surface area contributed by atoms with Gasteiger partial charge in [0.15, 0.2) is 0 Å². The predicted octanol–water partition coefficient (Wildman–Crippen LogP) is 1.22. The Morgan fingerprint density at radius 1 is 1.06 bits per heavy atom. The van der Waals surface area contributed by atoms with Gasteiger partial charge in [-0.05, 0) is 19.9 Å². The maximum Gasteiger partial charge on any atom is 0.0933 e. The summed E-state index contributed by atoms with van der Waals surface area (Å²) in [4.78, 5) is 5.66. The number of piperazine rings is 1. The molecule has 92 valence electrons. The zero-order chi connectivity index (χ0) is 11.6. The second-order valence-electron chi connectivity index (χ2n) is 5.25. The van der Waals surface area contributed by atoms with Crippen LogP contribution in [-0.2, 0) is 0 Å². The lowest BCUT2D eigenvalue weighted by Crippen LogP contribution is -2.62. The van der Waals surface area contributed by atoms with Gasteiger partial charge in [0.25, 0.3) is 0 Å². The third kappa shape index (κ3) is 2.24. The molecule has 2 rings (SSSR count). The van der Waals surface area contributed by atoms with Crippen LogP contribution in [0, 0.1) is 0 Å². The predicted molar refractivity (Wildman–Crippen MR) is 71.7 cm³/mol. The Kier molecular flexibility index (Phi) is 3.82. The van der Waals surface area contributed by atoms with Crippen molar-refractivity contribution in [3.63, 3.8) is 0 Å². The molecule has 0 aromatic rings. The molecule has 0 aromatic carbocycles. The molecule has 0 aromatic heterocycles. The Balaban J connectivity index is 2.09. The van der Waals surface area contributed by atoms with E-state index in [1.54, 1.807) is 0 Å². The summed E-state index contributed by atoms with van der Waals surface area (Å²) in [6.45, 7) is 4.52. The van der Waals surface area contributed by atoms with Gasteiger partial charge in [-0.1, -0.05) is 31.5 Å². The van der Waals surface area contributed by atoms with E-state index in [9.17, 15) is 0 Å². The number of hydrogen-bond donors (Lipinski definition) is 1. The summed E-state index contributed by atoms with van der Waals surface area (Å²) in [5.41, 5.74) is 6.09. The van der Waals surface area contributed by atoms with Gasteiger partial charge in [0.2, 0.25) is 0 Å². The van der Waals surface area contributed by atoms with Crippen molar-refractivity contribution in [3.05, 3.63) is 0 Å². The Morgan fingerprint density at radius 3 is 2.12 bits per heavy atom. The fraction of sp³-hybridized carbons (Fsp3) is 0.917. The molecular weight excluding hydrogens is 218 g/mol. The van der Waals surface area contributed by atoms with Crippen LogP contribution in [0.3, 0.4) is 0 Å². The average Bonchev–Trinajstić information content (AvgIpc) is 2.30. The highest BCUT2D eigenvalue weighted by Crippen LogP contribution is 2.34. The second kappa shape index (κ2) is 4.98.